The molecule has 13 nitrogen and oxygen atoms in total. The molecule has 5 heterocycles. The van der Waals surface area contributed by atoms with Crippen molar-refractivity contribution in [3.05, 3.63) is 48.8 Å². The average molecular weight is 692 g/mol. The molecule has 3 aromatic heterocycles. The Morgan fingerprint density at radius 3 is 2.51 bits per heavy atom. The van der Waals surface area contributed by atoms with Gasteiger partial charge in [-0.2, -0.15) is 10.2 Å². The van der Waals surface area contributed by atoms with Gasteiger partial charge in [-0.25, -0.2) is 33.1 Å². The van der Waals surface area contributed by atoms with E-state index in [0.717, 1.165) is 6.04 Å². The Balaban J connectivity index is 1.21. The number of benzene rings is 1. The fourth-order valence-electron chi connectivity index (χ4n) is 6.01. The lowest BCUT2D eigenvalue weighted by molar-refractivity contribution is -0.00657. The maximum Gasteiger partial charge on any atom is 0.410 e. The van der Waals surface area contributed by atoms with E-state index in [9.17, 15) is 9.59 Å². The molecule has 0 N–H and O–H groups in total. The lowest BCUT2D eigenvalue weighted by atomic mass is 10.0. The van der Waals surface area contributed by atoms with Gasteiger partial charge in [-0.3, -0.25) is 4.90 Å². The minimum atomic E-state index is -1.24. The van der Waals surface area contributed by atoms with Gasteiger partial charge in [-0.05, 0) is 56.5 Å². The second-order valence-corrected chi connectivity index (χ2v) is 21.0. The fraction of sp³-hybridized carbons (Fsp3) is 0.529. The quantitative estimate of drug-likeness (QED) is 0.147. The molecule has 2 aliphatic heterocycles. The molecule has 0 saturated carbocycles. The number of ether oxygens (including phenoxy) is 2. The SMILES string of the molecule is CC(C)C1CN(C2CN(C(=O)OC(C)(C)C)C2)C(=O)N1c1ccn2ncc(-c3ccc(-c4ncnn4COCC[Si](C)(C)C)c(F)c3)c2n1. The molecule has 1 aromatic carbocycles. The summed E-state index contributed by atoms with van der Waals surface area (Å²) < 4.78 is 30.2. The number of anilines is 1. The number of likely N-dealkylation sites (tertiary alicyclic amines) is 1. The van der Waals surface area contributed by atoms with Crippen molar-refractivity contribution in [3.8, 4) is 22.5 Å². The van der Waals surface area contributed by atoms with Crippen molar-refractivity contribution in [2.75, 3.05) is 31.1 Å². The number of nitrogens with zero attached hydrogens (tertiary/aromatic N) is 9. The molecule has 6 rings (SSSR count). The van der Waals surface area contributed by atoms with Crippen LogP contribution in [0.2, 0.25) is 25.7 Å². The van der Waals surface area contributed by atoms with Crippen LogP contribution in [0, 0.1) is 11.7 Å². The third-order valence-corrected chi connectivity index (χ3v) is 10.5. The van der Waals surface area contributed by atoms with Gasteiger partial charge in [-0.1, -0.05) is 39.6 Å². The first-order chi connectivity index (χ1) is 23.1. The molecule has 3 amide bonds. The number of carbonyl (C=O) groups excluding carboxylic acids is 2. The molecular formula is C34H46FN9O4Si. The Morgan fingerprint density at radius 1 is 1.08 bits per heavy atom. The molecule has 49 heavy (non-hydrogen) atoms. The van der Waals surface area contributed by atoms with Crippen molar-refractivity contribution in [3.63, 3.8) is 0 Å². The van der Waals surface area contributed by atoms with Crippen LogP contribution in [0.15, 0.2) is 43.0 Å². The van der Waals surface area contributed by atoms with Crippen LogP contribution >= 0.6 is 0 Å². The highest BCUT2D eigenvalue weighted by atomic mass is 28.3. The van der Waals surface area contributed by atoms with Gasteiger partial charge in [0.05, 0.1) is 23.8 Å². The topological polar surface area (TPSA) is 123 Å². The van der Waals surface area contributed by atoms with Crippen molar-refractivity contribution in [2.45, 2.75) is 84.7 Å². The van der Waals surface area contributed by atoms with E-state index in [1.807, 2.05) is 31.7 Å². The zero-order chi connectivity index (χ0) is 35.2. The monoisotopic (exact) mass is 691 g/mol. The second kappa shape index (κ2) is 13.2. The van der Waals surface area contributed by atoms with Gasteiger partial charge >= 0.3 is 12.1 Å². The zero-order valence-corrected chi connectivity index (χ0v) is 30.6. The van der Waals surface area contributed by atoms with Gasteiger partial charge in [0.25, 0.3) is 0 Å². The maximum atomic E-state index is 15.7. The van der Waals surface area contributed by atoms with E-state index in [2.05, 4.69) is 48.7 Å². The minimum Gasteiger partial charge on any atom is -0.444 e. The number of aromatic nitrogens is 6. The number of fused-ring (bicyclic) bond motifs is 1. The van der Waals surface area contributed by atoms with Gasteiger partial charge < -0.3 is 19.3 Å². The van der Waals surface area contributed by atoms with E-state index in [4.69, 9.17) is 14.5 Å². The number of hydrogen-bond donors (Lipinski definition) is 0. The van der Waals surface area contributed by atoms with Crippen LogP contribution in [0.3, 0.4) is 0 Å². The van der Waals surface area contributed by atoms with E-state index >= 15 is 4.39 Å². The molecule has 0 bridgehead atoms. The van der Waals surface area contributed by atoms with Crippen molar-refractivity contribution < 1.29 is 23.5 Å². The van der Waals surface area contributed by atoms with Crippen LogP contribution in [0.1, 0.15) is 34.6 Å². The summed E-state index contributed by atoms with van der Waals surface area (Å²) in [7, 11) is -1.24. The van der Waals surface area contributed by atoms with E-state index in [1.54, 1.807) is 43.5 Å². The highest BCUT2D eigenvalue weighted by Crippen LogP contribution is 2.34. The summed E-state index contributed by atoms with van der Waals surface area (Å²) in [6.07, 6.45) is 4.43. The molecule has 2 saturated heterocycles. The Morgan fingerprint density at radius 2 is 1.84 bits per heavy atom. The van der Waals surface area contributed by atoms with E-state index in [1.165, 1.54) is 12.4 Å². The van der Waals surface area contributed by atoms with Crippen LogP contribution in [0.5, 0.6) is 0 Å². The summed E-state index contributed by atoms with van der Waals surface area (Å²) in [5.41, 5.74) is 1.43. The highest BCUT2D eigenvalue weighted by molar-refractivity contribution is 6.76. The predicted molar refractivity (Wildman–Crippen MR) is 186 cm³/mol. The third kappa shape index (κ3) is 7.32. The van der Waals surface area contributed by atoms with Crippen LogP contribution < -0.4 is 4.90 Å². The number of carbonyl (C=O) groups is 2. The summed E-state index contributed by atoms with van der Waals surface area (Å²) in [6, 6.07) is 7.33. The Bertz CT molecular complexity index is 1840. The summed E-state index contributed by atoms with van der Waals surface area (Å²) >= 11 is 0. The van der Waals surface area contributed by atoms with E-state index in [0.29, 0.717) is 60.2 Å². The standard InChI is InChI=1S/C34H46FN9O4Si/c1-22(2)28-19-41(24-17-40(18-24)33(46)48-34(3,4)5)32(45)44(28)29-11-12-42-31(39-29)26(16-37-42)23-9-10-25(27(35)15-23)30-36-20-38-43(30)21-47-13-14-49(6,7)8/h9-12,15-16,20,22,24,28H,13-14,17-19,21H2,1-8H3. The summed E-state index contributed by atoms with van der Waals surface area (Å²) in [6.45, 7) is 18.7. The highest BCUT2D eigenvalue weighted by Gasteiger charge is 2.48. The Labute approximate surface area is 287 Å². The molecule has 4 aromatic rings. The molecule has 0 spiro atoms. The van der Waals surface area contributed by atoms with Gasteiger partial charge in [0.1, 0.15) is 30.3 Å². The number of hydrogen-bond acceptors (Lipinski definition) is 8. The molecule has 15 heteroatoms. The first-order valence-corrected chi connectivity index (χ1v) is 20.5. The zero-order valence-electron chi connectivity index (χ0n) is 29.6. The third-order valence-electron chi connectivity index (χ3n) is 8.84. The van der Waals surface area contributed by atoms with Crippen molar-refractivity contribution >= 4 is 31.7 Å². The Kier molecular flexibility index (Phi) is 9.26. The largest absolute Gasteiger partial charge is 0.444 e. The number of halogens is 1. The second-order valence-electron chi connectivity index (χ2n) is 15.4. The average Bonchev–Trinajstić information content (AvgIpc) is 3.70. The summed E-state index contributed by atoms with van der Waals surface area (Å²) in [4.78, 5) is 40.8. The first kappa shape index (κ1) is 34.5. The first-order valence-electron chi connectivity index (χ1n) is 16.8. The van der Waals surface area contributed by atoms with E-state index in [-0.39, 0.29) is 36.9 Å². The van der Waals surface area contributed by atoms with Crippen molar-refractivity contribution in [2.24, 2.45) is 5.92 Å². The normalized spacial score (nSPS) is 17.5. The Hall–Kier alpha value is -4.37. The lowest BCUT2D eigenvalue weighted by Gasteiger charge is -2.43. The predicted octanol–water partition coefficient (Wildman–Crippen LogP) is 5.99. The maximum absolute atomic E-state index is 15.7. The van der Waals surface area contributed by atoms with Gasteiger partial charge in [0, 0.05) is 46.1 Å². The van der Waals surface area contributed by atoms with Crippen LogP contribution in [-0.2, 0) is 16.2 Å². The molecule has 1 unspecified atom stereocenters. The fourth-order valence-corrected chi connectivity index (χ4v) is 6.77. The van der Waals surface area contributed by atoms with Crippen molar-refractivity contribution in [1.29, 1.82) is 0 Å². The summed E-state index contributed by atoms with van der Waals surface area (Å²) in [5.74, 6) is 0.557. The molecule has 1 atom stereocenters. The summed E-state index contributed by atoms with van der Waals surface area (Å²) in [5, 5.41) is 8.70. The van der Waals surface area contributed by atoms with Crippen molar-refractivity contribution in [1.82, 2.24) is 39.2 Å². The molecule has 262 valence electrons. The van der Waals surface area contributed by atoms with Crippen LogP contribution in [-0.4, -0.2) is 103 Å². The minimum absolute atomic E-state index is 0.107. The molecule has 0 radical (unpaired) electrons. The van der Waals surface area contributed by atoms with Gasteiger partial charge in [0.2, 0.25) is 0 Å². The van der Waals surface area contributed by atoms with Crippen LogP contribution in [0.4, 0.5) is 19.8 Å². The lowest BCUT2D eigenvalue weighted by Crippen LogP contribution is -2.62. The van der Waals surface area contributed by atoms with Gasteiger partial charge in [0.15, 0.2) is 11.5 Å². The number of amides is 3. The molecular weight excluding hydrogens is 646 g/mol. The molecule has 2 aliphatic rings. The number of rotatable bonds is 10. The van der Waals surface area contributed by atoms with Gasteiger partial charge in [-0.15, -0.1) is 0 Å². The van der Waals surface area contributed by atoms with E-state index < -0.39 is 19.5 Å². The smallest absolute Gasteiger partial charge is 0.410 e. The molecule has 0 aliphatic carbocycles. The molecule has 2 fully saturated rings. The number of urea groups is 1. The van der Waals surface area contributed by atoms with Crippen LogP contribution in [0.25, 0.3) is 28.2 Å².